The highest BCUT2D eigenvalue weighted by atomic mass is 32.2. The van der Waals surface area contributed by atoms with Gasteiger partial charge in [0.1, 0.15) is 5.75 Å². The highest BCUT2D eigenvalue weighted by Gasteiger charge is 2.31. The van der Waals surface area contributed by atoms with E-state index in [-0.39, 0.29) is 23.5 Å². The molecule has 84 valence electrons. The van der Waals surface area contributed by atoms with Crippen LogP contribution in [0.1, 0.15) is 6.93 Å². The number of thioether (sulfide) groups is 1. The number of ether oxygens (including phenoxy) is 1. The van der Waals surface area contributed by atoms with Gasteiger partial charge in [0.05, 0.1) is 13.7 Å². The van der Waals surface area contributed by atoms with Gasteiger partial charge in [0.15, 0.2) is 0 Å². The van der Waals surface area contributed by atoms with E-state index in [1.807, 2.05) is 12.1 Å². The van der Waals surface area contributed by atoms with E-state index in [4.69, 9.17) is 6.11 Å². The molecule has 0 bridgehead atoms. The molecule has 1 aromatic rings. The molecular formula is C11H11NO3S. The molecule has 1 aliphatic heterocycles. The first kappa shape index (κ1) is 9.72. The number of benzene rings is 1. The van der Waals surface area contributed by atoms with Crippen LogP contribution in [0.4, 0.5) is 4.79 Å². The Balaban J connectivity index is 1.99. The highest BCUT2D eigenvalue weighted by molar-refractivity contribution is 8.15. The predicted molar refractivity (Wildman–Crippen MR) is 61.6 cm³/mol. The molecule has 0 aromatic heterocycles. The number of nitrogens with one attached hydrogen (secondary N) is 1. The standard InChI is InChI=1S/C11H11NO3S/c1-15-8-4-2-7(3-5-8)6-9-10(13)12-11(14)16-9/h2-5,9H,6H2,1H3,(H,12,13,14)/i1D. The Labute approximate surface area is 98.8 Å². The van der Waals surface area contributed by atoms with Gasteiger partial charge in [-0.1, -0.05) is 23.9 Å². The fourth-order valence-electron chi connectivity index (χ4n) is 1.46. The molecule has 1 atom stereocenters. The van der Waals surface area contributed by atoms with Crippen LogP contribution in [0.25, 0.3) is 0 Å². The molecule has 2 rings (SSSR count). The van der Waals surface area contributed by atoms with Crippen molar-refractivity contribution >= 4 is 22.9 Å². The number of carbonyl (C=O) groups excluding carboxylic acids is 2. The maximum Gasteiger partial charge on any atom is 0.286 e. The van der Waals surface area contributed by atoms with E-state index in [0.717, 1.165) is 17.3 Å². The van der Waals surface area contributed by atoms with Crippen LogP contribution < -0.4 is 10.1 Å². The van der Waals surface area contributed by atoms with E-state index in [0.29, 0.717) is 12.2 Å². The van der Waals surface area contributed by atoms with Gasteiger partial charge in [0.25, 0.3) is 5.24 Å². The maximum absolute atomic E-state index is 11.4. The van der Waals surface area contributed by atoms with Crippen LogP contribution >= 0.6 is 11.8 Å². The molecule has 1 heterocycles. The SMILES string of the molecule is [2H]COc1ccc(CC2SC(=O)NC2=O)cc1. The highest BCUT2D eigenvalue weighted by Crippen LogP contribution is 2.23. The molecule has 0 saturated carbocycles. The molecule has 0 aliphatic carbocycles. The second kappa shape index (κ2) is 4.57. The molecule has 1 aromatic carbocycles. The summed E-state index contributed by atoms with van der Waals surface area (Å²) in [5.41, 5.74) is 0.963. The van der Waals surface area contributed by atoms with Crippen LogP contribution in [0.15, 0.2) is 24.3 Å². The van der Waals surface area contributed by atoms with Crippen molar-refractivity contribution < 1.29 is 15.7 Å². The first-order valence-corrected chi connectivity index (χ1v) is 5.59. The molecule has 1 saturated heterocycles. The van der Waals surface area contributed by atoms with Crippen molar-refractivity contribution in [2.75, 3.05) is 7.09 Å². The smallest absolute Gasteiger partial charge is 0.286 e. The number of hydrogen-bond donors (Lipinski definition) is 1. The van der Waals surface area contributed by atoms with Gasteiger partial charge >= 0.3 is 0 Å². The molecule has 5 heteroatoms. The number of amides is 2. The van der Waals surface area contributed by atoms with Gasteiger partial charge in [-0.05, 0) is 24.1 Å². The predicted octanol–water partition coefficient (Wildman–Crippen LogP) is 1.59. The lowest BCUT2D eigenvalue weighted by molar-refractivity contribution is -0.118. The van der Waals surface area contributed by atoms with Gasteiger partial charge in [0.2, 0.25) is 5.91 Å². The van der Waals surface area contributed by atoms with E-state index < -0.39 is 0 Å². The molecule has 1 aliphatic rings. The van der Waals surface area contributed by atoms with Crippen molar-refractivity contribution in [3.05, 3.63) is 29.8 Å². The summed E-state index contributed by atoms with van der Waals surface area (Å²) in [5.74, 6) is 0.398. The number of hydrogen-bond acceptors (Lipinski definition) is 4. The minimum absolute atomic E-state index is 0.116. The fourth-order valence-corrected chi connectivity index (χ4v) is 2.32. The maximum atomic E-state index is 11.4. The van der Waals surface area contributed by atoms with Gasteiger partial charge in [-0.25, -0.2) is 0 Å². The molecule has 1 fully saturated rings. The second-order valence-electron chi connectivity index (χ2n) is 3.38. The number of rotatable bonds is 3. The first-order chi connectivity index (χ1) is 8.19. The van der Waals surface area contributed by atoms with Crippen LogP contribution in [0, 0.1) is 0 Å². The molecule has 0 radical (unpaired) electrons. The van der Waals surface area contributed by atoms with Crippen molar-refractivity contribution in [3.8, 4) is 5.75 Å². The molecule has 1 unspecified atom stereocenters. The summed E-state index contributed by atoms with van der Waals surface area (Å²) in [4.78, 5) is 22.3. The lowest BCUT2D eigenvalue weighted by atomic mass is 10.1. The third-order valence-electron chi connectivity index (χ3n) is 2.28. The van der Waals surface area contributed by atoms with Crippen LogP contribution in [-0.4, -0.2) is 23.5 Å². The summed E-state index contributed by atoms with van der Waals surface area (Å²) >= 11 is 1.02. The molecule has 2 amide bonds. The van der Waals surface area contributed by atoms with Crippen molar-refractivity contribution in [1.29, 1.82) is 0 Å². The van der Waals surface area contributed by atoms with Crippen LogP contribution in [0.3, 0.4) is 0 Å². The first-order valence-electron chi connectivity index (χ1n) is 5.42. The van der Waals surface area contributed by atoms with E-state index in [2.05, 4.69) is 5.32 Å². The minimum Gasteiger partial charge on any atom is -0.497 e. The van der Waals surface area contributed by atoms with Crippen LogP contribution in [0.2, 0.25) is 0 Å². The number of carbonyl (C=O) groups is 2. The summed E-state index contributed by atoms with van der Waals surface area (Å²) in [6.45, 7) is 0. The molecule has 0 spiro atoms. The van der Waals surface area contributed by atoms with Gasteiger partial charge in [0, 0.05) is 0 Å². The molecule has 16 heavy (non-hydrogen) atoms. The Morgan fingerprint density at radius 3 is 2.75 bits per heavy atom. The summed E-state index contributed by atoms with van der Waals surface area (Å²) in [6, 6.07) is 7.18. The second-order valence-corrected chi connectivity index (χ2v) is 4.55. The Hall–Kier alpha value is -1.49. The van der Waals surface area contributed by atoms with E-state index in [1.54, 1.807) is 12.1 Å². The lowest BCUT2D eigenvalue weighted by Gasteiger charge is -2.06. The van der Waals surface area contributed by atoms with Crippen LogP contribution in [-0.2, 0) is 11.2 Å². The Morgan fingerprint density at radius 1 is 1.44 bits per heavy atom. The third-order valence-corrected chi connectivity index (χ3v) is 3.26. The summed E-state index contributed by atoms with van der Waals surface area (Å²) in [7, 11) is -0.116. The zero-order valence-electron chi connectivity index (χ0n) is 9.43. The quantitative estimate of drug-likeness (QED) is 0.868. The Kier molecular flexibility index (Phi) is 2.77. The van der Waals surface area contributed by atoms with E-state index in [9.17, 15) is 9.59 Å². The van der Waals surface area contributed by atoms with Gasteiger partial charge < -0.3 is 4.74 Å². The molecule has 1 N–H and O–H groups in total. The van der Waals surface area contributed by atoms with Crippen molar-refractivity contribution in [2.24, 2.45) is 0 Å². The summed E-state index contributed by atoms with van der Waals surface area (Å²) < 4.78 is 11.9. The molecule has 4 nitrogen and oxygen atoms in total. The van der Waals surface area contributed by atoms with Gasteiger partial charge in [-0.3, -0.25) is 14.9 Å². The Morgan fingerprint density at radius 2 is 2.19 bits per heavy atom. The van der Waals surface area contributed by atoms with Crippen molar-refractivity contribution in [1.82, 2.24) is 5.32 Å². The zero-order chi connectivity index (χ0) is 12.3. The average molecular weight is 238 g/mol. The third kappa shape index (κ3) is 2.36. The minimum atomic E-state index is -0.342. The number of imide groups is 1. The van der Waals surface area contributed by atoms with Gasteiger partial charge in [-0.2, -0.15) is 0 Å². The largest absolute Gasteiger partial charge is 0.497 e. The Bertz CT molecular complexity index is 435. The normalized spacial score (nSPS) is 20.5. The average Bonchev–Trinajstić information content (AvgIpc) is 2.61. The summed E-state index contributed by atoms with van der Waals surface area (Å²) in [5, 5.41) is 1.63. The van der Waals surface area contributed by atoms with Crippen LogP contribution in [0.5, 0.6) is 5.75 Å². The lowest BCUT2D eigenvalue weighted by Crippen LogP contribution is -2.25. The topological polar surface area (TPSA) is 55.4 Å². The van der Waals surface area contributed by atoms with Gasteiger partial charge in [-0.15, -0.1) is 0 Å². The van der Waals surface area contributed by atoms with Crippen molar-refractivity contribution in [3.63, 3.8) is 0 Å². The zero-order valence-corrected chi connectivity index (χ0v) is 9.25. The molecular weight excluding hydrogens is 226 g/mol. The number of methoxy groups -OCH3 is 1. The van der Waals surface area contributed by atoms with E-state index >= 15 is 0 Å². The fraction of sp³-hybridized carbons (Fsp3) is 0.273. The summed E-state index contributed by atoms with van der Waals surface area (Å²) in [6.07, 6.45) is 0.517. The van der Waals surface area contributed by atoms with Crippen molar-refractivity contribution in [2.45, 2.75) is 11.7 Å². The monoisotopic (exact) mass is 238 g/mol. The van der Waals surface area contributed by atoms with E-state index in [1.165, 1.54) is 0 Å².